The van der Waals surface area contributed by atoms with Crippen LogP contribution in [0, 0.1) is 5.92 Å². The second-order valence-electron chi connectivity index (χ2n) is 4.87. The van der Waals surface area contributed by atoms with E-state index in [2.05, 4.69) is 13.8 Å². The van der Waals surface area contributed by atoms with Gasteiger partial charge in [0.05, 0.1) is 11.4 Å². The molecule has 0 atom stereocenters. The van der Waals surface area contributed by atoms with E-state index < -0.39 is 0 Å². The van der Waals surface area contributed by atoms with Crippen LogP contribution in [-0.4, -0.2) is 19.6 Å². The van der Waals surface area contributed by atoms with Gasteiger partial charge in [0.25, 0.3) is 5.91 Å². The summed E-state index contributed by atoms with van der Waals surface area (Å²) in [6.45, 7) is 4.37. The highest BCUT2D eigenvalue weighted by Crippen LogP contribution is 2.38. The summed E-state index contributed by atoms with van der Waals surface area (Å²) in [7, 11) is 1.75. The van der Waals surface area contributed by atoms with Crippen molar-refractivity contribution in [1.29, 1.82) is 0 Å². The lowest BCUT2D eigenvalue weighted by molar-refractivity contribution is -0.120. The third-order valence-corrected chi connectivity index (χ3v) is 2.88. The van der Waals surface area contributed by atoms with Gasteiger partial charge in [-0.15, -0.1) is 0 Å². The van der Waals surface area contributed by atoms with Crippen LogP contribution in [0.15, 0.2) is 12.1 Å². The van der Waals surface area contributed by atoms with Crippen LogP contribution in [0.3, 0.4) is 0 Å². The summed E-state index contributed by atoms with van der Waals surface area (Å²) in [5.41, 5.74) is 8.49. The molecule has 92 valence electrons. The number of carbonyl (C=O) groups excluding carboxylic acids is 1. The van der Waals surface area contributed by atoms with Gasteiger partial charge in [-0.1, -0.05) is 13.8 Å². The molecular formula is C13H18N2O2. The first-order valence-corrected chi connectivity index (χ1v) is 5.80. The fraction of sp³-hybridized carbons (Fsp3) is 0.462. The van der Waals surface area contributed by atoms with E-state index in [4.69, 9.17) is 10.5 Å². The summed E-state index contributed by atoms with van der Waals surface area (Å²) in [6.07, 6.45) is 0.944. The fourth-order valence-electron chi connectivity index (χ4n) is 2.06. The number of amides is 1. The van der Waals surface area contributed by atoms with Gasteiger partial charge in [0, 0.05) is 7.05 Å². The molecule has 1 aliphatic heterocycles. The van der Waals surface area contributed by atoms with Gasteiger partial charge in [0.15, 0.2) is 12.4 Å². The van der Waals surface area contributed by atoms with Gasteiger partial charge >= 0.3 is 0 Å². The van der Waals surface area contributed by atoms with Crippen molar-refractivity contribution in [3.63, 3.8) is 0 Å². The molecule has 4 nitrogen and oxygen atoms in total. The van der Waals surface area contributed by atoms with Crippen molar-refractivity contribution in [3.8, 4) is 5.75 Å². The summed E-state index contributed by atoms with van der Waals surface area (Å²) in [5.74, 6) is 1.14. The first-order chi connectivity index (χ1) is 7.99. The number of ether oxygens (including phenoxy) is 1. The Kier molecular flexibility index (Phi) is 2.96. The average molecular weight is 234 g/mol. The van der Waals surface area contributed by atoms with Gasteiger partial charge in [-0.25, -0.2) is 0 Å². The van der Waals surface area contributed by atoms with Crippen LogP contribution < -0.4 is 15.4 Å². The molecule has 0 aromatic heterocycles. The zero-order chi connectivity index (χ0) is 12.6. The highest BCUT2D eigenvalue weighted by molar-refractivity contribution is 5.98. The largest absolute Gasteiger partial charge is 0.479 e. The number of hydrogen-bond acceptors (Lipinski definition) is 3. The van der Waals surface area contributed by atoms with Crippen molar-refractivity contribution in [2.75, 3.05) is 24.3 Å². The Bertz CT molecular complexity index is 455. The molecule has 2 N–H and O–H groups in total. The van der Waals surface area contributed by atoms with Gasteiger partial charge in [-0.3, -0.25) is 4.79 Å². The Labute approximate surface area is 101 Å². The summed E-state index contributed by atoms with van der Waals surface area (Å²) in [6, 6.07) is 3.92. The fourth-order valence-corrected chi connectivity index (χ4v) is 2.06. The minimum absolute atomic E-state index is 0.0430. The van der Waals surface area contributed by atoms with Gasteiger partial charge in [-0.2, -0.15) is 0 Å². The maximum Gasteiger partial charge on any atom is 0.264 e. The minimum Gasteiger partial charge on any atom is -0.479 e. The second kappa shape index (κ2) is 4.28. The number of nitrogen functional groups attached to an aromatic ring is 1. The molecular weight excluding hydrogens is 216 g/mol. The Hall–Kier alpha value is -1.71. The Balaban J connectivity index is 2.43. The van der Waals surface area contributed by atoms with Crippen LogP contribution in [0.4, 0.5) is 11.4 Å². The molecule has 1 aromatic rings. The molecule has 0 saturated carbocycles. The number of anilines is 2. The zero-order valence-corrected chi connectivity index (χ0v) is 10.5. The number of rotatable bonds is 2. The maximum atomic E-state index is 11.6. The standard InChI is InChI=1S/C13H18N2O2/c1-8(2)4-9-5-10(14)13-11(6-9)15(3)12(16)7-17-13/h5-6,8H,4,7,14H2,1-3H3. The lowest BCUT2D eigenvalue weighted by atomic mass is 10.0. The normalized spacial score (nSPS) is 14.8. The average Bonchev–Trinajstić information content (AvgIpc) is 2.23. The first-order valence-electron chi connectivity index (χ1n) is 5.80. The summed E-state index contributed by atoms with van der Waals surface area (Å²) >= 11 is 0. The molecule has 1 heterocycles. The van der Waals surface area contributed by atoms with Gasteiger partial charge in [0.2, 0.25) is 0 Å². The van der Waals surface area contributed by atoms with E-state index in [1.165, 1.54) is 0 Å². The summed E-state index contributed by atoms with van der Waals surface area (Å²) in [5, 5.41) is 0. The second-order valence-corrected chi connectivity index (χ2v) is 4.87. The van der Waals surface area contributed by atoms with Crippen molar-refractivity contribution in [3.05, 3.63) is 17.7 Å². The Morgan fingerprint density at radius 2 is 2.18 bits per heavy atom. The predicted molar refractivity (Wildman–Crippen MR) is 68.3 cm³/mol. The lowest BCUT2D eigenvalue weighted by Crippen LogP contribution is -2.35. The molecule has 2 rings (SSSR count). The lowest BCUT2D eigenvalue weighted by Gasteiger charge is -2.27. The molecule has 0 aliphatic carbocycles. The molecule has 0 bridgehead atoms. The molecule has 0 unspecified atom stereocenters. The smallest absolute Gasteiger partial charge is 0.264 e. The van der Waals surface area contributed by atoms with Crippen LogP contribution in [0.1, 0.15) is 19.4 Å². The summed E-state index contributed by atoms with van der Waals surface area (Å²) < 4.78 is 5.38. The SMILES string of the molecule is CC(C)Cc1cc(N)c2c(c1)N(C)C(=O)CO2. The number of carbonyl (C=O) groups is 1. The van der Waals surface area contributed by atoms with Crippen LogP contribution >= 0.6 is 0 Å². The maximum absolute atomic E-state index is 11.6. The third-order valence-electron chi connectivity index (χ3n) is 2.88. The Morgan fingerprint density at radius 1 is 1.47 bits per heavy atom. The van der Waals surface area contributed by atoms with Crippen LogP contribution in [0.25, 0.3) is 0 Å². The number of likely N-dealkylation sites (N-methyl/N-ethyl adjacent to an activating group) is 1. The molecule has 1 aliphatic rings. The minimum atomic E-state index is -0.0430. The number of nitrogens with zero attached hydrogens (tertiary/aromatic N) is 1. The van der Waals surface area contributed by atoms with Crippen molar-refractivity contribution < 1.29 is 9.53 Å². The van der Waals surface area contributed by atoms with E-state index >= 15 is 0 Å². The van der Waals surface area contributed by atoms with E-state index in [0.717, 1.165) is 17.7 Å². The van der Waals surface area contributed by atoms with Crippen molar-refractivity contribution >= 4 is 17.3 Å². The molecule has 1 aromatic carbocycles. The van der Waals surface area contributed by atoms with Crippen LogP contribution in [0.5, 0.6) is 5.75 Å². The topological polar surface area (TPSA) is 55.6 Å². The van der Waals surface area contributed by atoms with E-state index in [0.29, 0.717) is 17.4 Å². The molecule has 0 radical (unpaired) electrons. The highest BCUT2D eigenvalue weighted by Gasteiger charge is 2.24. The monoisotopic (exact) mass is 234 g/mol. The first kappa shape index (κ1) is 11.8. The van der Waals surface area contributed by atoms with E-state index in [-0.39, 0.29) is 12.5 Å². The predicted octanol–water partition coefficient (Wildman–Crippen LogP) is 1.82. The van der Waals surface area contributed by atoms with E-state index in [9.17, 15) is 4.79 Å². The zero-order valence-electron chi connectivity index (χ0n) is 10.5. The van der Waals surface area contributed by atoms with Crippen molar-refractivity contribution in [1.82, 2.24) is 0 Å². The van der Waals surface area contributed by atoms with E-state index in [1.807, 2.05) is 12.1 Å². The number of benzene rings is 1. The molecule has 17 heavy (non-hydrogen) atoms. The van der Waals surface area contributed by atoms with Gasteiger partial charge < -0.3 is 15.4 Å². The number of nitrogens with two attached hydrogens (primary N) is 1. The van der Waals surface area contributed by atoms with Crippen molar-refractivity contribution in [2.24, 2.45) is 5.92 Å². The summed E-state index contributed by atoms with van der Waals surface area (Å²) in [4.78, 5) is 13.2. The van der Waals surface area contributed by atoms with Crippen molar-refractivity contribution in [2.45, 2.75) is 20.3 Å². The molecule has 0 fully saturated rings. The molecule has 0 saturated heterocycles. The number of fused-ring (bicyclic) bond motifs is 1. The quantitative estimate of drug-likeness (QED) is 0.794. The molecule has 0 spiro atoms. The van der Waals surface area contributed by atoms with Gasteiger partial charge in [-0.05, 0) is 30.0 Å². The van der Waals surface area contributed by atoms with Crippen LogP contribution in [-0.2, 0) is 11.2 Å². The number of hydrogen-bond donors (Lipinski definition) is 1. The van der Waals surface area contributed by atoms with Crippen LogP contribution in [0.2, 0.25) is 0 Å². The molecule has 1 amide bonds. The van der Waals surface area contributed by atoms with Gasteiger partial charge in [0.1, 0.15) is 0 Å². The molecule has 4 heteroatoms. The highest BCUT2D eigenvalue weighted by atomic mass is 16.5. The Morgan fingerprint density at radius 3 is 2.82 bits per heavy atom. The third kappa shape index (κ3) is 2.20. The van der Waals surface area contributed by atoms with E-state index in [1.54, 1.807) is 11.9 Å².